The zero-order valence-corrected chi connectivity index (χ0v) is 11.8. The fourth-order valence-corrected chi connectivity index (χ4v) is 1.54. The van der Waals surface area contributed by atoms with Gasteiger partial charge in [0.1, 0.15) is 5.75 Å². The standard InChI is InChI=1S/C15H22N2O3/c1-2-3-10-20-14-6-4-12(11-13(14)16)5-7-15(19)17-8-9-18/h4-7,11,18H,2-3,8-10,16H2,1H3,(H,17,19)/b7-5-. The number of carbonyl (C=O) groups excluding carboxylic acids is 1. The Morgan fingerprint density at radius 1 is 1.50 bits per heavy atom. The molecule has 110 valence electrons. The summed E-state index contributed by atoms with van der Waals surface area (Å²) in [5.41, 5.74) is 7.28. The second kappa shape index (κ2) is 8.98. The van der Waals surface area contributed by atoms with Crippen LogP contribution in [0.5, 0.6) is 5.75 Å². The highest BCUT2D eigenvalue weighted by molar-refractivity contribution is 5.91. The molecule has 0 heterocycles. The Kier molecular flexibility index (Phi) is 7.21. The van der Waals surface area contributed by atoms with E-state index in [4.69, 9.17) is 15.6 Å². The lowest BCUT2D eigenvalue weighted by molar-refractivity contribution is -0.116. The van der Waals surface area contributed by atoms with Crippen LogP contribution < -0.4 is 15.8 Å². The van der Waals surface area contributed by atoms with Crippen molar-refractivity contribution < 1.29 is 14.6 Å². The number of ether oxygens (including phenoxy) is 1. The van der Waals surface area contributed by atoms with Gasteiger partial charge >= 0.3 is 0 Å². The molecule has 0 unspecified atom stereocenters. The minimum Gasteiger partial charge on any atom is -0.491 e. The van der Waals surface area contributed by atoms with Crippen molar-refractivity contribution in [2.45, 2.75) is 19.8 Å². The normalized spacial score (nSPS) is 10.7. The number of nitrogens with two attached hydrogens (primary N) is 1. The topological polar surface area (TPSA) is 84.6 Å². The minimum atomic E-state index is -0.249. The van der Waals surface area contributed by atoms with E-state index < -0.39 is 0 Å². The molecule has 0 bridgehead atoms. The number of nitrogen functional groups attached to an aromatic ring is 1. The largest absolute Gasteiger partial charge is 0.491 e. The van der Waals surface area contributed by atoms with E-state index in [0.29, 0.717) is 18.0 Å². The van der Waals surface area contributed by atoms with Crippen LogP contribution in [0.2, 0.25) is 0 Å². The Hall–Kier alpha value is -2.01. The van der Waals surface area contributed by atoms with Crippen molar-refractivity contribution in [2.24, 2.45) is 0 Å². The van der Waals surface area contributed by atoms with Crippen molar-refractivity contribution >= 4 is 17.7 Å². The van der Waals surface area contributed by atoms with Gasteiger partial charge in [-0.25, -0.2) is 0 Å². The lowest BCUT2D eigenvalue weighted by atomic mass is 10.1. The summed E-state index contributed by atoms with van der Waals surface area (Å²) >= 11 is 0. The van der Waals surface area contributed by atoms with Crippen LogP contribution in [0.3, 0.4) is 0 Å². The first-order valence-electron chi connectivity index (χ1n) is 6.76. The Morgan fingerprint density at radius 2 is 2.30 bits per heavy atom. The van der Waals surface area contributed by atoms with Gasteiger partial charge in [0, 0.05) is 12.6 Å². The monoisotopic (exact) mass is 278 g/mol. The fraction of sp³-hybridized carbons (Fsp3) is 0.400. The van der Waals surface area contributed by atoms with E-state index in [9.17, 15) is 4.79 Å². The van der Waals surface area contributed by atoms with E-state index in [2.05, 4.69) is 12.2 Å². The van der Waals surface area contributed by atoms with Crippen LogP contribution in [-0.4, -0.2) is 30.8 Å². The molecular weight excluding hydrogens is 256 g/mol. The first kappa shape index (κ1) is 16.0. The van der Waals surface area contributed by atoms with E-state index in [-0.39, 0.29) is 19.1 Å². The fourth-order valence-electron chi connectivity index (χ4n) is 1.54. The molecule has 0 aliphatic heterocycles. The minimum absolute atomic E-state index is 0.0731. The number of benzene rings is 1. The second-order valence-electron chi connectivity index (χ2n) is 4.35. The molecule has 0 aliphatic carbocycles. The predicted molar refractivity (Wildman–Crippen MR) is 80.4 cm³/mol. The van der Waals surface area contributed by atoms with Gasteiger partial charge in [0.15, 0.2) is 0 Å². The van der Waals surface area contributed by atoms with Gasteiger partial charge in [0.25, 0.3) is 0 Å². The molecule has 0 aliphatic rings. The number of hydrogen-bond donors (Lipinski definition) is 3. The molecule has 5 nitrogen and oxygen atoms in total. The number of aliphatic hydroxyl groups excluding tert-OH is 1. The van der Waals surface area contributed by atoms with Gasteiger partial charge in [-0.2, -0.15) is 0 Å². The lowest BCUT2D eigenvalue weighted by Crippen LogP contribution is -2.24. The molecule has 1 aromatic carbocycles. The molecule has 0 saturated heterocycles. The van der Waals surface area contributed by atoms with Crippen LogP contribution in [-0.2, 0) is 4.79 Å². The van der Waals surface area contributed by atoms with Crippen LogP contribution in [0, 0.1) is 0 Å². The predicted octanol–water partition coefficient (Wildman–Crippen LogP) is 1.57. The molecule has 0 saturated carbocycles. The average molecular weight is 278 g/mol. The van der Waals surface area contributed by atoms with Gasteiger partial charge in [0.05, 0.1) is 18.9 Å². The highest BCUT2D eigenvalue weighted by Crippen LogP contribution is 2.23. The molecule has 20 heavy (non-hydrogen) atoms. The molecule has 0 radical (unpaired) electrons. The number of unbranched alkanes of at least 4 members (excludes halogenated alkanes) is 1. The summed E-state index contributed by atoms with van der Waals surface area (Å²) in [7, 11) is 0. The second-order valence-corrected chi connectivity index (χ2v) is 4.35. The summed E-state index contributed by atoms with van der Waals surface area (Å²) in [6.45, 7) is 2.92. The van der Waals surface area contributed by atoms with Crippen molar-refractivity contribution in [2.75, 3.05) is 25.5 Å². The van der Waals surface area contributed by atoms with Gasteiger partial charge in [-0.15, -0.1) is 0 Å². The Labute approximate surface area is 119 Å². The molecule has 4 N–H and O–H groups in total. The van der Waals surface area contributed by atoms with Gasteiger partial charge in [0.2, 0.25) is 5.91 Å². The lowest BCUT2D eigenvalue weighted by Gasteiger charge is -2.08. The number of amides is 1. The summed E-state index contributed by atoms with van der Waals surface area (Å²) in [5.74, 6) is 0.418. The summed E-state index contributed by atoms with van der Waals surface area (Å²) in [5, 5.41) is 11.1. The number of aliphatic hydroxyl groups is 1. The summed E-state index contributed by atoms with van der Waals surface area (Å²) in [6, 6.07) is 5.40. The first-order valence-corrected chi connectivity index (χ1v) is 6.76. The van der Waals surface area contributed by atoms with Gasteiger partial charge in [-0.05, 0) is 30.2 Å². The van der Waals surface area contributed by atoms with Crippen LogP contribution >= 0.6 is 0 Å². The third-order valence-electron chi connectivity index (χ3n) is 2.63. The summed E-state index contributed by atoms with van der Waals surface area (Å²) in [6.07, 6.45) is 5.14. The molecule has 0 atom stereocenters. The molecule has 1 amide bonds. The van der Waals surface area contributed by atoms with Crippen molar-refractivity contribution in [1.82, 2.24) is 5.32 Å². The smallest absolute Gasteiger partial charge is 0.244 e. The van der Waals surface area contributed by atoms with Gasteiger partial charge in [-0.1, -0.05) is 19.4 Å². The molecular formula is C15H22N2O3. The molecule has 0 fully saturated rings. The SMILES string of the molecule is CCCCOc1ccc(/C=C\C(=O)NCCO)cc1N. The van der Waals surface area contributed by atoms with Gasteiger partial charge < -0.3 is 20.9 Å². The van der Waals surface area contributed by atoms with Crippen molar-refractivity contribution in [3.63, 3.8) is 0 Å². The number of nitrogens with one attached hydrogen (secondary N) is 1. The van der Waals surface area contributed by atoms with Crippen molar-refractivity contribution in [1.29, 1.82) is 0 Å². The molecule has 0 spiro atoms. The summed E-state index contributed by atoms with van der Waals surface area (Å²) in [4.78, 5) is 11.3. The van der Waals surface area contributed by atoms with E-state index in [1.54, 1.807) is 18.2 Å². The molecule has 0 aromatic heterocycles. The Morgan fingerprint density at radius 3 is 2.95 bits per heavy atom. The average Bonchev–Trinajstić information content (AvgIpc) is 2.45. The molecule has 1 rings (SSSR count). The van der Waals surface area contributed by atoms with Crippen LogP contribution in [0.4, 0.5) is 5.69 Å². The van der Waals surface area contributed by atoms with E-state index in [1.807, 2.05) is 6.07 Å². The number of hydrogen-bond acceptors (Lipinski definition) is 4. The van der Waals surface area contributed by atoms with Crippen LogP contribution in [0.25, 0.3) is 6.08 Å². The van der Waals surface area contributed by atoms with E-state index in [1.165, 1.54) is 6.08 Å². The Balaban J connectivity index is 2.58. The Bertz CT molecular complexity index is 458. The maximum absolute atomic E-state index is 11.3. The number of rotatable bonds is 8. The van der Waals surface area contributed by atoms with Crippen molar-refractivity contribution in [3.05, 3.63) is 29.8 Å². The zero-order chi connectivity index (χ0) is 14.8. The third kappa shape index (κ3) is 5.75. The van der Waals surface area contributed by atoms with E-state index >= 15 is 0 Å². The van der Waals surface area contributed by atoms with Crippen molar-refractivity contribution in [3.8, 4) is 5.75 Å². The maximum Gasteiger partial charge on any atom is 0.244 e. The van der Waals surface area contributed by atoms with E-state index in [0.717, 1.165) is 18.4 Å². The van der Waals surface area contributed by atoms with Gasteiger partial charge in [-0.3, -0.25) is 4.79 Å². The highest BCUT2D eigenvalue weighted by atomic mass is 16.5. The summed E-state index contributed by atoms with van der Waals surface area (Å²) < 4.78 is 5.55. The first-order chi connectivity index (χ1) is 9.67. The highest BCUT2D eigenvalue weighted by Gasteiger charge is 2.01. The molecule has 5 heteroatoms. The third-order valence-corrected chi connectivity index (χ3v) is 2.63. The van der Waals surface area contributed by atoms with Crippen LogP contribution in [0.1, 0.15) is 25.3 Å². The number of anilines is 1. The quantitative estimate of drug-likeness (QED) is 0.383. The number of carbonyl (C=O) groups is 1. The zero-order valence-electron chi connectivity index (χ0n) is 11.8. The molecule has 1 aromatic rings. The van der Waals surface area contributed by atoms with Crippen LogP contribution in [0.15, 0.2) is 24.3 Å². The maximum atomic E-state index is 11.3.